The summed E-state index contributed by atoms with van der Waals surface area (Å²) in [6.45, 7) is 4.55. The highest BCUT2D eigenvalue weighted by atomic mass is 32.1. The summed E-state index contributed by atoms with van der Waals surface area (Å²) in [5, 5.41) is 7.71. The number of hydrogen-bond acceptors (Lipinski definition) is 5. The van der Waals surface area contributed by atoms with E-state index in [4.69, 9.17) is 4.98 Å². The fraction of sp³-hybridized carbons (Fsp3) is 0.600. The summed E-state index contributed by atoms with van der Waals surface area (Å²) in [5.74, 6) is 0.0612. The van der Waals surface area contributed by atoms with E-state index in [1.54, 1.807) is 11.3 Å². The van der Waals surface area contributed by atoms with Gasteiger partial charge >= 0.3 is 0 Å². The van der Waals surface area contributed by atoms with E-state index >= 15 is 0 Å². The van der Waals surface area contributed by atoms with Crippen LogP contribution in [-0.4, -0.2) is 43.1 Å². The number of nitrogens with zero attached hydrogens (tertiary/aromatic N) is 2. The molecule has 26 heavy (non-hydrogen) atoms. The summed E-state index contributed by atoms with van der Waals surface area (Å²) in [4.78, 5) is 19.8. The predicted molar refractivity (Wildman–Crippen MR) is 106 cm³/mol. The van der Waals surface area contributed by atoms with Gasteiger partial charge in [-0.25, -0.2) is 4.98 Å². The molecule has 0 unspecified atom stereocenters. The van der Waals surface area contributed by atoms with Crippen LogP contribution in [0.3, 0.4) is 0 Å². The molecule has 138 valence electrons. The molecule has 5 rings (SSSR count). The van der Waals surface area contributed by atoms with Crippen LogP contribution in [0.4, 0.5) is 5.13 Å². The molecule has 3 heterocycles. The van der Waals surface area contributed by atoms with E-state index in [2.05, 4.69) is 15.5 Å². The fourth-order valence-corrected chi connectivity index (χ4v) is 5.59. The topological polar surface area (TPSA) is 57.3 Å². The highest BCUT2D eigenvalue weighted by Gasteiger charge is 2.40. The van der Waals surface area contributed by atoms with E-state index in [-0.39, 0.29) is 5.91 Å². The van der Waals surface area contributed by atoms with Crippen LogP contribution in [0, 0.1) is 5.41 Å². The van der Waals surface area contributed by atoms with Crippen LogP contribution in [0.25, 0.3) is 10.2 Å². The maximum atomic E-state index is 12.5. The van der Waals surface area contributed by atoms with Crippen LogP contribution in [0.15, 0.2) is 18.2 Å². The smallest absolute Gasteiger partial charge is 0.251 e. The average molecular weight is 371 g/mol. The van der Waals surface area contributed by atoms with Crippen molar-refractivity contribution in [3.8, 4) is 0 Å². The van der Waals surface area contributed by atoms with Gasteiger partial charge < -0.3 is 15.5 Å². The highest BCUT2D eigenvalue weighted by molar-refractivity contribution is 7.22. The first kappa shape index (κ1) is 16.5. The van der Waals surface area contributed by atoms with Crippen molar-refractivity contribution in [1.29, 1.82) is 0 Å². The molecule has 3 fully saturated rings. The average Bonchev–Trinajstić information content (AvgIpc) is 3.29. The molecule has 1 amide bonds. The minimum Gasteiger partial charge on any atom is -0.349 e. The van der Waals surface area contributed by atoms with Gasteiger partial charge in [0.25, 0.3) is 5.91 Å². The van der Waals surface area contributed by atoms with E-state index in [1.807, 2.05) is 18.2 Å². The van der Waals surface area contributed by atoms with Gasteiger partial charge in [0.05, 0.1) is 10.2 Å². The number of nitrogens with one attached hydrogen (secondary N) is 2. The number of benzene rings is 1. The molecule has 2 aliphatic heterocycles. The molecule has 0 bridgehead atoms. The summed E-state index contributed by atoms with van der Waals surface area (Å²) in [5.41, 5.74) is 2.32. The number of carbonyl (C=O) groups is 1. The third-order valence-electron chi connectivity index (χ3n) is 6.42. The van der Waals surface area contributed by atoms with Gasteiger partial charge in [-0.3, -0.25) is 4.79 Å². The number of hydrogen-bond donors (Lipinski definition) is 2. The van der Waals surface area contributed by atoms with Crippen molar-refractivity contribution < 1.29 is 4.79 Å². The summed E-state index contributed by atoms with van der Waals surface area (Å²) in [6.07, 6.45) is 7.20. The Morgan fingerprint density at radius 3 is 2.69 bits per heavy atom. The number of aromatic nitrogens is 1. The zero-order valence-corrected chi connectivity index (χ0v) is 15.9. The van der Waals surface area contributed by atoms with Gasteiger partial charge in [0.1, 0.15) is 0 Å². The number of carbonyl (C=O) groups excluding carboxylic acids is 1. The molecular formula is C20H26N4OS. The van der Waals surface area contributed by atoms with E-state index in [1.165, 1.54) is 38.8 Å². The number of rotatable bonds is 3. The van der Waals surface area contributed by atoms with Gasteiger partial charge in [-0.05, 0) is 49.3 Å². The fourth-order valence-electron chi connectivity index (χ4n) is 4.53. The second-order valence-electron chi connectivity index (χ2n) is 8.22. The third kappa shape index (κ3) is 2.99. The van der Waals surface area contributed by atoms with Crippen molar-refractivity contribution in [2.75, 3.05) is 31.1 Å². The largest absolute Gasteiger partial charge is 0.349 e. The highest BCUT2D eigenvalue weighted by Crippen LogP contribution is 2.38. The monoisotopic (exact) mass is 370 g/mol. The number of anilines is 1. The SMILES string of the molecule is O=C(NC1CCCC1)c1ccc2nc(N3CCC4(CC3)CNC4)sc2c1. The van der Waals surface area contributed by atoms with Gasteiger partial charge in [-0.1, -0.05) is 24.2 Å². The predicted octanol–water partition coefficient (Wildman–Crippen LogP) is 3.16. The second kappa shape index (κ2) is 6.50. The van der Waals surface area contributed by atoms with Gasteiger partial charge in [0.15, 0.2) is 5.13 Å². The first-order valence-corrected chi connectivity index (χ1v) is 10.7. The van der Waals surface area contributed by atoms with Gasteiger partial charge in [0, 0.05) is 37.8 Å². The van der Waals surface area contributed by atoms with Crippen LogP contribution < -0.4 is 15.5 Å². The van der Waals surface area contributed by atoms with Crippen molar-refractivity contribution in [3.05, 3.63) is 23.8 Å². The van der Waals surface area contributed by atoms with Crippen molar-refractivity contribution in [2.45, 2.75) is 44.6 Å². The zero-order chi connectivity index (χ0) is 17.6. The lowest BCUT2D eigenvalue weighted by Crippen LogP contribution is -2.58. The number of fused-ring (bicyclic) bond motifs is 1. The van der Waals surface area contributed by atoms with Crippen LogP contribution in [0.5, 0.6) is 0 Å². The molecule has 0 radical (unpaired) electrons. The summed E-state index contributed by atoms with van der Waals surface area (Å²) >= 11 is 1.72. The molecule has 3 aliphatic rings. The Morgan fingerprint density at radius 2 is 2.00 bits per heavy atom. The quantitative estimate of drug-likeness (QED) is 0.871. The summed E-state index contributed by atoms with van der Waals surface area (Å²) in [7, 11) is 0. The molecule has 6 heteroatoms. The normalized spacial score (nSPS) is 22.7. The van der Waals surface area contributed by atoms with Crippen molar-refractivity contribution in [2.24, 2.45) is 5.41 Å². The molecule has 5 nitrogen and oxygen atoms in total. The van der Waals surface area contributed by atoms with Gasteiger partial charge in [0.2, 0.25) is 0 Å². The molecule has 2 aromatic rings. The third-order valence-corrected chi connectivity index (χ3v) is 7.50. The molecule has 1 aromatic carbocycles. The van der Waals surface area contributed by atoms with E-state index in [0.717, 1.165) is 46.8 Å². The van der Waals surface area contributed by atoms with E-state index < -0.39 is 0 Å². The maximum Gasteiger partial charge on any atom is 0.251 e. The number of piperidine rings is 1. The molecule has 2 N–H and O–H groups in total. The Bertz CT molecular complexity index is 812. The Morgan fingerprint density at radius 1 is 1.23 bits per heavy atom. The molecular weight excluding hydrogens is 344 g/mol. The van der Waals surface area contributed by atoms with Crippen LogP contribution in [0.2, 0.25) is 0 Å². The Labute approximate surface area is 158 Å². The lowest BCUT2D eigenvalue weighted by atomic mass is 9.73. The van der Waals surface area contributed by atoms with Crippen molar-refractivity contribution in [3.63, 3.8) is 0 Å². The zero-order valence-electron chi connectivity index (χ0n) is 15.1. The standard InChI is InChI=1S/C20H26N4OS/c25-18(22-15-3-1-2-4-15)14-5-6-16-17(11-14)26-19(23-16)24-9-7-20(8-10-24)12-21-13-20/h5-6,11,15,21H,1-4,7-10,12-13H2,(H,22,25). The lowest BCUT2D eigenvalue weighted by Gasteiger charge is -2.48. The first-order chi connectivity index (χ1) is 12.7. The molecule has 0 atom stereocenters. The maximum absolute atomic E-state index is 12.5. The van der Waals surface area contributed by atoms with Crippen LogP contribution in [0.1, 0.15) is 48.9 Å². The molecule has 2 saturated heterocycles. The minimum absolute atomic E-state index is 0.0612. The van der Waals surface area contributed by atoms with Crippen molar-refractivity contribution in [1.82, 2.24) is 15.6 Å². The van der Waals surface area contributed by atoms with Gasteiger partial charge in [-0.2, -0.15) is 0 Å². The Kier molecular flexibility index (Phi) is 4.13. The lowest BCUT2D eigenvalue weighted by molar-refractivity contribution is 0.0938. The summed E-state index contributed by atoms with van der Waals surface area (Å²) < 4.78 is 1.12. The Hall–Kier alpha value is -1.66. The second-order valence-corrected chi connectivity index (χ2v) is 9.23. The molecule has 1 saturated carbocycles. The van der Waals surface area contributed by atoms with E-state index in [0.29, 0.717) is 11.5 Å². The summed E-state index contributed by atoms with van der Waals surface area (Å²) in [6, 6.07) is 6.29. The first-order valence-electron chi connectivity index (χ1n) is 9.88. The van der Waals surface area contributed by atoms with Crippen LogP contribution in [-0.2, 0) is 0 Å². The van der Waals surface area contributed by atoms with Crippen molar-refractivity contribution >= 4 is 32.6 Å². The molecule has 1 spiro atoms. The van der Waals surface area contributed by atoms with Crippen LogP contribution >= 0.6 is 11.3 Å². The number of amides is 1. The minimum atomic E-state index is 0.0612. The Balaban J connectivity index is 1.31. The number of thiazole rings is 1. The molecule has 1 aliphatic carbocycles. The molecule has 1 aromatic heterocycles. The van der Waals surface area contributed by atoms with Gasteiger partial charge in [-0.15, -0.1) is 0 Å². The van der Waals surface area contributed by atoms with E-state index in [9.17, 15) is 4.79 Å².